The van der Waals surface area contributed by atoms with E-state index in [1.165, 1.54) is 0 Å². The fourth-order valence-electron chi connectivity index (χ4n) is 2.50. The van der Waals surface area contributed by atoms with Gasteiger partial charge in [-0.1, -0.05) is 5.16 Å². The Kier molecular flexibility index (Phi) is 7.24. The number of aromatic nitrogens is 2. The molecule has 0 aliphatic carbocycles. The molecule has 1 aliphatic rings. The average molecular weight is 385 g/mol. The van der Waals surface area contributed by atoms with Gasteiger partial charge >= 0.3 is 0 Å². The maximum atomic E-state index is 12.1. The molecule has 1 saturated heterocycles. The minimum atomic E-state index is -0.391. The van der Waals surface area contributed by atoms with Crippen molar-refractivity contribution in [1.82, 2.24) is 20.8 Å². The number of carbonyl (C=O) groups is 1. The summed E-state index contributed by atoms with van der Waals surface area (Å²) >= 11 is 1.57. The van der Waals surface area contributed by atoms with E-state index in [0.29, 0.717) is 36.1 Å². The summed E-state index contributed by atoms with van der Waals surface area (Å²) in [5.41, 5.74) is 0.605. The molecule has 2 atom stereocenters. The zero-order chi connectivity index (χ0) is 16.9. The summed E-state index contributed by atoms with van der Waals surface area (Å²) in [4.78, 5) is 17.3. The lowest BCUT2D eigenvalue weighted by molar-refractivity contribution is 0.0927. The Bertz CT molecular complexity index is 695. The minimum Gasteiger partial charge on any atom is -0.391 e. The topological polar surface area (TPSA) is 100 Å². The molecule has 2 unspecified atom stereocenters. The summed E-state index contributed by atoms with van der Waals surface area (Å²) in [5.74, 6) is 1.75. The van der Waals surface area contributed by atoms with Crippen LogP contribution in [0.15, 0.2) is 33.7 Å². The van der Waals surface area contributed by atoms with Crippen LogP contribution in [0.5, 0.6) is 0 Å². The Hall–Kier alpha value is -1.61. The third-order valence-corrected chi connectivity index (χ3v) is 4.87. The van der Waals surface area contributed by atoms with E-state index in [9.17, 15) is 9.90 Å². The normalized spacial score (nSPS) is 19.4. The van der Waals surface area contributed by atoms with Crippen molar-refractivity contribution in [2.24, 2.45) is 5.92 Å². The summed E-state index contributed by atoms with van der Waals surface area (Å²) < 4.78 is 5.07. The van der Waals surface area contributed by atoms with Gasteiger partial charge < -0.3 is 20.3 Å². The molecule has 0 spiro atoms. The van der Waals surface area contributed by atoms with Gasteiger partial charge in [0.05, 0.1) is 11.9 Å². The van der Waals surface area contributed by atoms with Gasteiger partial charge in [-0.25, -0.2) is 0 Å². The summed E-state index contributed by atoms with van der Waals surface area (Å²) in [6, 6.07) is 7.38. The number of β-amino-alcohol motifs (C(OH)–C–C–N with tert-alkyl or cyclic N) is 1. The molecule has 1 aromatic heterocycles. The highest BCUT2D eigenvalue weighted by atomic mass is 35.5. The molecule has 1 aliphatic heterocycles. The summed E-state index contributed by atoms with van der Waals surface area (Å²) in [6.07, 6.45) is -0.391. The molecule has 136 valence electrons. The number of nitrogens with one attached hydrogen (secondary N) is 2. The number of amides is 1. The van der Waals surface area contributed by atoms with Gasteiger partial charge in [-0.3, -0.25) is 4.79 Å². The van der Waals surface area contributed by atoms with Crippen molar-refractivity contribution in [2.45, 2.75) is 23.7 Å². The summed E-state index contributed by atoms with van der Waals surface area (Å²) in [7, 11) is 0. The quantitative estimate of drug-likeness (QED) is 0.647. The van der Waals surface area contributed by atoms with Gasteiger partial charge in [-0.15, -0.1) is 24.2 Å². The molecule has 0 bridgehead atoms. The maximum Gasteiger partial charge on any atom is 0.251 e. The number of thioether (sulfide) groups is 1. The van der Waals surface area contributed by atoms with Crippen molar-refractivity contribution in [3.05, 3.63) is 41.5 Å². The van der Waals surface area contributed by atoms with Crippen LogP contribution in [0.25, 0.3) is 0 Å². The lowest BCUT2D eigenvalue weighted by Gasteiger charge is -2.14. The fourth-order valence-corrected chi connectivity index (χ4v) is 3.24. The Morgan fingerprint density at radius 3 is 2.76 bits per heavy atom. The van der Waals surface area contributed by atoms with Gasteiger partial charge in [0.1, 0.15) is 0 Å². The third kappa shape index (κ3) is 5.43. The number of rotatable bonds is 6. The predicted octanol–water partition coefficient (Wildman–Crippen LogP) is 1.40. The van der Waals surface area contributed by atoms with Crippen LogP contribution in [0.2, 0.25) is 0 Å². The third-order valence-electron chi connectivity index (χ3n) is 3.88. The van der Waals surface area contributed by atoms with E-state index in [1.54, 1.807) is 30.8 Å². The molecular weight excluding hydrogens is 364 g/mol. The van der Waals surface area contributed by atoms with Gasteiger partial charge in [-0.2, -0.15) is 4.98 Å². The van der Waals surface area contributed by atoms with Crippen molar-refractivity contribution in [2.75, 3.05) is 19.6 Å². The van der Waals surface area contributed by atoms with Crippen LogP contribution in [-0.4, -0.2) is 46.9 Å². The standard InChI is InChI=1S/C16H20N4O3S.ClH/c1-10-19-15(23-20-10)9-24-13-4-2-11(3-5-13)16(22)18-7-12-6-17-8-14(12)21;/h2-5,12,14,17,21H,6-9H2,1H3,(H,18,22);1H. The van der Waals surface area contributed by atoms with E-state index >= 15 is 0 Å². The van der Waals surface area contributed by atoms with Gasteiger partial charge in [0.25, 0.3) is 5.91 Å². The summed E-state index contributed by atoms with van der Waals surface area (Å²) in [6.45, 7) is 3.57. The molecule has 0 saturated carbocycles. The second-order valence-corrected chi connectivity index (χ2v) is 6.79. The molecular formula is C16H21ClN4O3S. The number of aliphatic hydroxyl groups is 1. The molecule has 1 amide bonds. The fraction of sp³-hybridized carbons (Fsp3) is 0.438. The number of halogens is 1. The Morgan fingerprint density at radius 1 is 1.40 bits per heavy atom. The Balaban J connectivity index is 0.00000225. The van der Waals surface area contributed by atoms with E-state index in [4.69, 9.17) is 4.52 Å². The second kappa shape index (κ2) is 9.19. The lowest BCUT2D eigenvalue weighted by Crippen LogP contribution is -2.34. The van der Waals surface area contributed by atoms with Gasteiger partial charge in [0.15, 0.2) is 5.82 Å². The number of aryl methyl sites for hydroxylation is 1. The molecule has 25 heavy (non-hydrogen) atoms. The first kappa shape index (κ1) is 19.7. The Morgan fingerprint density at radius 2 is 2.16 bits per heavy atom. The van der Waals surface area contributed by atoms with E-state index in [2.05, 4.69) is 20.8 Å². The van der Waals surface area contributed by atoms with Crippen molar-refractivity contribution in [1.29, 1.82) is 0 Å². The largest absolute Gasteiger partial charge is 0.391 e. The van der Waals surface area contributed by atoms with Crippen LogP contribution in [0.3, 0.4) is 0 Å². The van der Waals surface area contributed by atoms with Gasteiger partial charge in [0, 0.05) is 36.0 Å². The number of aliphatic hydroxyl groups excluding tert-OH is 1. The van der Waals surface area contributed by atoms with Crippen LogP contribution >= 0.6 is 24.2 Å². The second-order valence-electron chi connectivity index (χ2n) is 5.74. The highest BCUT2D eigenvalue weighted by Gasteiger charge is 2.25. The average Bonchev–Trinajstić information content (AvgIpc) is 3.19. The lowest BCUT2D eigenvalue weighted by atomic mass is 10.1. The number of carbonyl (C=O) groups excluding carboxylic acids is 1. The molecule has 3 N–H and O–H groups in total. The molecule has 2 heterocycles. The minimum absolute atomic E-state index is 0. The number of benzene rings is 1. The first-order chi connectivity index (χ1) is 11.6. The predicted molar refractivity (Wildman–Crippen MR) is 97.0 cm³/mol. The molecule has 1 aromatic carbocycles. The molecule has 1 fully saturated rings. The highest BCUT2D eigenvalue weighted by molar-refractivity contribution is 7.98. The van der Waals surface area contributed by atoms with E-state index < -0.39 is 6.10 Å². The van der Waals surface area contributed by atoms with Crippen molar-refractivity contribution in [3.8, 4) is 0 Å². The molecule has 7 nitrogen and oxygen atoms in total. The van der Waals surface area contributed by atoms with E-state index in [0.717, 1.165) is 11.4 Å². The van der Waals surface area contributed by atoms with Crippen LogP contribution < -0.4 is 10.6 Å². The number of nitrogens with zero attached hydrogens (tertiary/aromatic N) is 2. The highest BCUT2D eigenvalue weighted by Crippen LogP contribution is 2.22. The van der Waals surface area contributed by atoms with Crippen LogP contribution in [-0.2, 0) is 5.75 Å². The Labute approximate surface area is 156 Å². The monoisotopic (exact) mass is 384 g/mol. The molecule has 0 radical (unpaired) electrons. The van der Waals surface area contributed by atoms with Crippen LogP contribution in [0, 0.1) is 12.8 Å². The smallest absolute Gasteiger partial charge is 0.251 e. The SMILES string of the molecule is Cc1noc(CSc2ccc(C(=O)NCC3CNCC3O)cc2)n1.Cl. The van der Waals surface area contributed by atoms with Crippen molar-refractivity contribution >= 4 is 30.1 Å². The first-order valence-electron chi connectivity index (χ1n) is 7.81. The zero-order valence-electron chi connectivity index (χ0n) is 13.8. The van der Waals surface area contributed by atoms with Gasteiger partial charge in [-0.05, 0) is 31.2 Å². The van der Waals surface area contributed by atoms with Gasteiger partial charge in [0.2, 0.25) is 5.89 Å². The van der Waals surface area contributed by atoms with Crippen molar-refractivity contribution < 1.29 is 14.4 Å². The van der Waals surface area contributed by atoms with Crippen LogP contribution in [0.1, 0.15) is 22.1 Å². The molecule has 3 rings (SSSR count). The zero-order valence-corrected chi connectivity index (χ0v) is 15.4. The van der Waals surface area contributed by atoms with E-state index in [1.807, 2.05) is 12.1 Å². The first-order valence-corrected chi connectivity index (χ1v) is 8.79. The number of hydrogen-bond donors (Lipinski definition) is 3. The molecule has 9 heteroatoms. The summed E-state index contributed by atoms with van der Waals surface area (Å²) in [5, 5.41) is 19.5. The molecule has 2 aromatic rings. The van der Waals surface area contributed by atoms with Crippen molar-refractivity contribution in [3.63, 3.8) is 0 Å². The van der Waals surface area contributed by atoms with E-state index in [-0.39, 0.29) is 24.2 Å². The maximum absolute atomic E-state index is 12.1. The number of hydrogen-bond acceptors (Lipinski definition) is 7. The van der Waals surface area contributed by atoms with Crippen LogP contribution in [0.4, 0.5) is 0 Å².